The third kappa shape index (κ3) is 5.53. The number of aromatic nitrogens is 6. The number of piperidine rings is 1. The van der Waals surface area contributed by atoms with E-state index in [1.54, 1.807) is 10.6 Å². The van der Waals surface area contributed by atoms with Crippen LogP contribution in [0.4, 0.5) is 4.39 Å². The monoisotopic (exact) mass is 560 g/mol. The zero-order valence-electron chi connectivity index (χ0n) is 23.4. The van der Waals surface area contributed by atoms with E-state index in [4.69, 9.17) is 14.2 Å². The van der Waals surface area contributed by atoms with Crippen LogP contribution in [-0.2, 0) is 9.47 Å². The van der Waals surface area contributed by atoms with E-state index in [1.807, 2.05) is 37.7 Å². The molecule has 12 heteroatoms. The van der Waals surface area contributed by atoms with E-state index in [-0.39, 0.29) is 18.8 Å². The average Bonchev–Trinajstić information content (AvgIpc) is 3.54. The van der Waals surface area contributed by atoms with Gasteiger partial charge in [-0.25, -0.2) is 13.6 Å². The van der Waals surface area contributed by atoms with E-state index in [0.29, 0.717) is 28.6 Å². The highest BCUT2D eigenvalue weighted by molar-refractivity contribution is 5.74. The van der Waals surface area contributed by atoms with Crippen LogP contribution in [0.5, 0.6) is 5.75 Å². The summed E-state index contributed by atoms with van der Waals surface area (Å²) in [5.41, 5.74) is 3.95. The van der Waals surface area contributed by atoms with Gasteiger partial charge in [0, 0.05) is 24.8 Å². The summed E-state index contributed by atoms with van der Waals surface area (Å²) < 4.78 is 34.9. The summed E-state index contributed by atoms with van der Waals surface area (Å²) in [6.07, 6.45) is 5.87. The summed E-state index contributed by atoms with van der Waals surface area (Å²) in [7, 11) is 0. The highest BCUT2D eigenvalue weighted by atomic mass is 19.1. The zero-order chi connectivity index (χ0) is 28.5. The van der Waals surface area contributed by atoms with E-state index < -0.39 is 11.9 Å². The fourth-order valence-electron chi connectivity index (χ4n) is 5.56. The van der Waals surface area contributed by atoms with E-state index in [1.165, 1.54) is 12.3 Å². The second-order valence-corrected chi connectivity index (χ2v) is 10.9. The Balaban J connectivity index is 1.27. The van der Waals surface area contributed by atoms with Crippen molar-refractivity contribution in [2.75, 3.05) is 32.9 Å². The predicted octanol–water partition coefficient (Wildman–Crippen LogP) is 3.89. The maximum Gasteiger partial charge on any atom is 0.147 e. The molecule has 0 N–H and O–H groups in total. The van der Waals surface area contributed by atoms with E-state index in [2.05, 4.69) is 31.4 Å². The molecule has 0 amide bonds. The van der Waals surface area contributed by atoms with Crippen LogP contribution in [0, 0.1) is 24.1 Å². The van der Waals surface area contributed by atoms with Crippen LogP contribution in [-0.4, -0.2) is 79.5 Å². The minimum Gasteiger partial charge on any atom is -0.488 e. The van der Waals surface area contributed by atoms with Crippen molar-refractivity contribution in [3.63, 3.8) is 0 Å². The quantitative estimate of drug-likeness (QED) is 0.301. The van der Waals surface area contributed by atoms with Gasteiger partial charge in [-0.05, 0) is 51.8 Å². The molecule has 0 aliphatic carbocycles. The lowest BCUT2D eigenvalue weighted by molar-refractivity contribution is -0.0735. The van der Waals surface area contributed by atoms with Crippen LogP contribution in [0.25, 0.3) is 16.8 Å². The lowest BCUT2D eigenvalue weighted by atomic mass is 10.0. The van der Waals surface area contributed by atoms with Gasteiger partial charge < -0.3 is 14.2 Å². The normalized spacial score (nSPS) is 17.6. The molecule has 0 aromatic carbocycles. The highest BCUT2D eigenvalue weighted by Gasteiger charge is 2.31. The molecule has 2 aliphatic heterocycles. The smallest absolute Gasteiger partial charge is 0.147 e. The molecular formula is C29H33FN8O3. The van der Waals surface area contributed by atoms with Crippen LogP contribution >= 0.6 is 0 Å². The SMILES string of the molecule is Cc1c(-c2cc(OCC(OC(C)C)c3ccc(F)cn3)c3c(C#N)cnn3c2)nnn1C1CCN(C2COC2)CC1. The summed E-state index contributed by atoms with van der Waals surface area (Å²) in [5, 5.41) is 23.2. The van der Waals surface area contributed by atoms with Crippen molar-refractivity contribution in [2.24, 2.45) is 0 Å². The van der Waals surface area contributed by atoms with Crippen molar-refractivity contribution in [3.05, 3.63) is 59.6 Å². The molecule has 4 aromatic rings. The van der Waals surface area contributed by atoms with Crippen molar-refractivity contribution >= 4 is 5.52 Å². The lowest BCUT2D eigenvalue weighted by Crippen LogP contribution is -2.52. The molecule has 4 aromatic heterocycles. The first kappa shape index (κ1) is 27.3. The molecule has 6 heterocycles. The number of nitrogens with zero attached hydrogens (tertiary/aromatic N) is 8. The molecule has 1 atom stereocenters. The Morgan fingerprint density at radius 3 is 2.63 bits per heavy atom. The van der Waals surface area contributed by atoms with Crippen molar-refractivity contribution in [1.82, 2.24) is 34.5 Å². The average molecular weight is 561 g/mol. The van der Waals surface area contributed by atoms with Gasteiger partial charge in [-0.3, -0.25) is 9.88 Å². The van der Waals surface area contributed by atoms with Gasteiger partial charge in [0.2, 0.25) is 0 Å². The third-order valence-electron chi connectivity index (χ3n) is 7.79. The number of pyridine rings is 2. The Kier molecular flexibility index (Phi) is 7.66. The summed E-state index contributed by atoms with van der Waals surface area (Å²) >= 11 is 0. The van der Waals surface area contributed by atoms with Crippen LogP contribution in [0.15, 0.2) is 36.8 Å². The summed E-state index contributed by atoms with van der Waals surface area (Å²) in [6.45, 7) is 9.65. The van der Waals surface area contributed by atoms with Gasteiger partial charge in [-0.1, -0.05) is 5.21 Å². The molecule has 6 rings (SSSR count). The Hall–Kier alpha value is -3.92. The highest BCUT2D eigenvalue weighted by Crippen LogP contribution is 2.33. The van der Waals surface area contributed by atoms with Crippen molar-refractivity contribution in [1.29, 1.82) is 5.26 Å². The summed E-state index contributed by atoms with van der Waals surface area (Å²) in [5.74, 6) is 0.0354. The third-order valence-corrected chi connectivity index (χ3v) is 7.79. The standard InChI is InChI=1S/C29H33FN8O3/c1-18(2)41-27(25-5-4-22(30)13-32-25)17-40-26-10-20(14-37-29(26)21(11-31)12-33-37)28-19(3)38(35-34-28)23-6-8-36(9-7-23)24-15-39-16-24/h4-5,10,12-14,18,23-24,27H,6-9,15-17H2,1-3H3. The first-order valence-corrected chi connectivity index (χ1v) is 14.0. The molecule has 11 nitrogen and oxygen atoms in total. The van der Waals surface area contributed by atoms with Crippen molar-refractivity contribution in [2.45, 2.75) is 57.9 Å². The molecular weight excluding hydrogens is 527 g/mol. The molecule has 41 heavy (non-hydrogen) atoms. The Morgan fingerprint density at radius 1 is 1.17 bits per heavy atom. The second-order valence-electron chi connectivity index (χ2n) is 10.9. The molecule has 2 saturated heterocycles. The number of rotatable bonds is 9. The Morgan fingerprint density at radius 2 is 1.98 bits per heavy atom. The maximum atomic E-state index is 13.5. The number of ether oxygens (including phenoxy) is 3. The number of fused-ring (bicyclic) bond motifs is 1. The molecule has 0 saturated carbocycles. The van der Waals surface area contributed by atoms with Crippen LogP contribution in [0.2, 0.25) is 0 Å². The minimum absolute atomic E-state index is 0.0995. The molecule has 2 aliphatic rings. The number of likely N-dealkylation sites (tertiary alicyclic amines) is 1. The maximum absolute atomic E-state index is 13.5. The van der Waals surface area contributed by atoms with Crippen LogP contribution < -0.4 is 4.74 Å². The summed E-state index contributed by atoms with van der Waals surface area (Å²) in [4.78, 5) is 6.70. The van der Waals surface area contributed by atoms with Crippen LogP contribution in [0.3, 0.4) is 0 Å². The van der Waals surface area contributed by atoms with Crippen molar-refractivity contribution in [3.8, 4) is 23.1 Å². The summed E-state index contributed by atoms with van der Waals surface area (Å²) in [6, 6.07) is 7.82. The molecule has 1 unspecified atom stereocenters. The minimum atomic E-state index is -0.548. The van der Waals surface area contributed by atoms with Gasteiger partial charge in [0.25, 0.3) is 0 Å². The second kappa shape index (κ2) is 11.5. The van der Waals surface area contributed by atoms with E-state index >= 15 is 0 Å². The first-order chi connectivity index (χ1) is 19.9. The zero-order valence-corrected chi connectivity index (χ0v) is 23.4. The van der Waals surface area contributed by atoms with Crippen molar-refractivity contribution < 1.29 is 18.6 Å². The topological polar surface area (TPSA) is 116 Å². The predicted molar refractivity (Wildman–Crippen MR) is 147 cm³/mol. The first-order valence-electron chi connectivity index (χ1n) is 14.0. The number of nitriles is 1. The van der Waals surface area contributed by atoms with Gasteiger partial charge >= 0.3 is 0 Å². The van der Waals surface area contributed by atoms with Gasteiger partial charge in [-0.2, -0.15) is 10.4 Å². The Bertz CT molecular complexity index is 1550. The number of hydrogen-bond acceptors (Lipinski definition) is 9. The van der Waals surface area contributed by atoms with E-state index in [9.17, 15) is 9.65 Å². The van der Waals surface area contributed by atoms with Gasteiger partial charge in [-0.15, -0.1) is 5.10 Å². The van der Waals surface area contributed by atoms with Gasteiger partial charge in [0.05, 0.1) is 55.2 Å². The van der Waals surface area contributed by atoms with E-state index in [0.717, 1.165) is 62.3 Å². The van der Waals surface area contributed by atoms with Crippen LogP contribution in [0.1, 0.15) is 55.8 Å². The number of hydrogen-bond donors (Lipinski definition) is 0. The fourth-order valence-corrected chi connectivity index (χ4v) is 5.56. The fraction of sp³-hybridized carbons (Fsp3) is 0.483. The Labute approximate surface area is 237 Å². The lowest BCUT2D eigenvalue weighted by Gasteiger charge is -2.41. The number of halogens is 1. The largest absolute Gasteiger partial charge is 0.488 e. The van der Waals surface area contributed by atoms with Gasteiger partial charge in [0.15, 0.2) is 0 Å². The molecule has 0 bridgehead atoms. The molecule has 0 radical (unpaired) electrons. The molecule has 214 valence electrons. The molecule has 0 spiro atoms. The van der Waals surface area contributed by atoms with Gasteiger partial charge in [0.1, 0.15) is 47.1 Å². The molecule has 2 fully saturated rings.